The molecule has 2 aromatic heterocycles. The lowest BCUT2D eigenvalue weighted by Crippen LogP contribution is -2.40. The first-order valence-electron chi connectivity index (χ1n) is 14.5. The summed E-state index contributed by atoms with van der Waals surface area (Å²) < 4.78 is 35.2. The minimum Gasteiger partial charge on any atom is -0.378 e. The highest BCUT2D eigenvalue weighted by Crippen LogP contribution is 2.31. The Morgan fingerprint density at radius 1 is 0.974 bits per heavy atom. The number of aromatic nitrogens is 4. The van der Waals surface area contributed by atoms with Crippen LogP contribution in [0.25, 0.3) is 16.9 Å². The minimum absolute atomic E-state index is 0.309. The lowest BCUT2D eigenvalue weighted by molar-refractivity contribution is 0.122. The van der Waals surface area contributed by atoms with Crippen molar-refractivity contribution in [2.45, 2.75) is 64.8 Å². The predicted octanol–water partition coefficient (Wildman–Crippen LogP) is 5.68. The highest BCUT2D eigenvalue weighted by molar-refractivity contribution is 5.78. The maximum Gasteiger partial charge on any atom is 0.296 e. The van der Waals surface area contributed by atoms with Gasteiger partial charge in [-0.15, -0.1) is 0 Å². The second-order valence-corrected chi connectivity index (χ2v) is 10.7. The number of alkyl halides is 2. The second-order valence-electron chi connectivity index (χ2n) is 10.7. The fourth-order valence-corrected chi connectivity index (χ4v) is 6.00. The summed E-state index contributed by atoms with van der Waals surface area (Å²) in [6, 6.07) is 9.65. The number of para-hydroxylation sites is 2. The number of nitrogens with one attached hydrogen (secondary N) is 1. The zero-order chi connectivity index (χ0) is 27.2. The van der Waals surface area contributed by atoms with E-state index in [9.17, 15) is 8.78 Å². The number of morpholine rings is 1. The van der Waals surface area contributed by atoms with Gasteiger partial charge in [0.1, 0.15) is 11.6 Å². The smallest absolute Gasteiger partial charge is 0.296 e. The molecule has 0 radical (unpaired) electrons. The van der Waals surface area contributed by atoms with E-state index >= 15 is 0 Å². The van der Waals surface area contributed by atoms with Crippen LogP contribution in [0.15, 0.2) is 30.3 Å². The molecular formula is C29H41F2N7O. The lowest BCUT2D eigenvalue weighted by Gasteiger charge is -2.37. The Balaban J connectivity index is 1.37. The number of rotatable bonds is 11. The molecule has 5 rings (SSSR count). The summed E-state index contributed by atoms with van der Waals surface area (Å²) >= 11 is 0. The Morgan fingerprint density at radius 2 is 1.67 bits per heavy atom. The topological polar surface area (TPSA) is 71.3 Å². The highest BCUT2D eigenvalue weighted by Gasteiger charge is 2.26. The van der Waals surface area contributed by atoms with E-state index in [2.05, 4.69) is 33.9 Å². The molecule has 1 saturated heterocycles. The van der Waals surface area contributed by atoms with E-state index in [0.29, 0.717) is 66.9 Å². The summed E-state index contributed by atoms with van der Waals surface area (Å²) in [6.45, 7) is 10.2. The van der Waals surface area contributed by atoms with Crippen molar-refractivity contribution in [3.05, 3.63) is 36.2 Å². The van der Waals surface area contributed by atoms with Crippen molar-refractivity contribution < 1.29 is 13.5 Å². The fourth-order valence-electron chi connectivity index (χ4n) is 6.00. The van der Waals surface area contributed by atoms with Crippen LogP contribution in [-0.4, -0.2) is 76.4 Å². The van der Waals surface area contributed by atoms with Crippen LogP contribution in [-0.2, 0) is 4.74 Å². The molecule has 2 fully saturated rings. The van der Waals surface area contributed by atoms with Gasteiger partial charge in [0.2, 0.25) is 5.95 Å². The number of hydrogen-bond donors (Lipinski definition) is 1. The quantitative estimate of drug-likeness (QED) is 0.335. The SMILES string of the molecule is CCCN(CCC)C1CCC(CNc2nc(N3CCOCC3)cc(-n3c(C(F)F)nc4ccccc43)n2)CC1. The molecule has 1 aliphatic carbocycles. The molecule has 8 nitrogen and oxygen atoms in total. The number of halogens is 2. The third kappa shape index (κ3) is 6.49. The molecule has 1 N–H and O–H groups in total. The Labute approximate surface area is 229 Å². The van der Waals surface area contributed by atoms with Crippen LogP contribution in [0, 0.1) is 5.92 Å². The van der Waals surface area contributed by atoms with Gasteiger partial charge in [0.25, 0.3) is 6.43 Å². The first-order valence-corrected chi connectivity index (χ1v) is 14.5. The summed E-state index contributed by atoms with van der Waals surface area (Å²) in [5, 5.41) is 3.47. The molecule has 3 heterocycles. The minimum atomic E-state index is -2.73. The van der Waals surface area contributed by atoms with Gasteiger partial charge in [-0.25, -0.2) is 13.8 Å². The molecule has 3 aromatic rings. The van der Waals surface area contributed by atoms with Gasteiger partial charge in [-0.2, -0.15) is 9.97 Å². The first-order chi connectivity index (χ1) is 19.1. The predicted molar refractivity (Wildman–Crippen MR) is 151 cm³/mol. The molecule has 39 heavy (non-hydrogen) atoms. The molecule has 0 spiro atoms. The summed E-state index contributed by atoms with van der Waals surface area (Å²) in [5.41, 5.74) is 1.12. The molecule has 0 unspecified atom stereocenters. The van der Waals surface area contributed by atoms with Gasteiger partial charge in [0, 0.05) is 31.7 Å². The Hall–Kier alpha value is -2.85. The van der Waals surface area contributed by atoms with Gasteiger partial charge >= 0.3 is 0 Å². The second kappa shape index (κ2) is 13.0. The zero-order valence-electron chi connectivity index (χ0n) is 23.2. The summed E-state index contributed by atoms with van der Waals surface area (Å²) in [4.78, 5) is 18.6. The third-order valence-electron chi connectivity index (χ3n) is 7.95. The molecule has 1 aromatic carbocycles. The van der Waals surface area contributed by atoms with Crippen LogP contribution < -0.4 is 10.2 Å². The monoisotopic (exact) mass is 541 g/mol. The van der Waals surface area contributed by atoms with Crippen molar-refractivity contribution in [3.63, 3.8) is 0 Å². The van der Waals surface area contributed by atoms with E-state index in [0.717, 1.165) is 6.54 Å². The van der Waals surface area contributed by atoms with E-state index in [1.165, 1.54) is 56.2 Å². The lowest BCUT2D eigenvalue weighted by atomic mass is 9.85. The van der Waals surface area contributed by atoms with Crippen LogP contribution in [0.2, 0.25) is 0 Å². The van der Waals surface area contributed by atoms with Crippen LogP contribution in [0.5, 0.6) is 0 Å². The number of benzene rings is 1. The van der Waals surface area contributed by atoms with Gasteiger partial charge in [-0.3, -0.25) is 4.57 Å². The molecule has 10 heteroatoms. The normalized spacial score (nSPS) is 20.3. The summed E-state index contributed by atoms with van der Waals surface area (Å²) in [7, 11) is 0. The van der Waals surface area contributed by atoms with Gasteiger partial charge in [0.05, 0.1) is 24.2 Å². The van der Waals surface area contributed by atoms with Crippen LogP contribution in [0.3, 0.4) is 0 Å². The highest BCUT2D eigenvalue weighted by atomic mass is 19.3. The van der Waals surface area contributed by atoms with Crippen molar-refractivity contribution in [1.82, 2.24) is 24.4 Å². The summed E-state index contributed by atoms with van der Waals surface area (Å²) in [6.07, 6.45) is 4.42. The first kappa shape index (κ1) is 27.7. The zero-order valence-corrected chi connectivity index (χ0v) is 23.2. The van der Waals surface area contributed by atoms with E-state index in [1.54, 1.807) is 24.3 Å². The standard InChI is InChI=1S/C29H41F2N7O/c1-3-13-36(14-4-2)22-11-9-21(10-12-22)20-32-29-34-25(37-15-17-39-18-16-37)19-26(35-29)38-24-8-6-5-7-23(24)33-28(38)27(30)31/h5-8,19,21-22,27H,3-4,9-18,20H2,1-2H3,(H,32,34,35). The summed E-state index contributed by atoms with van der Waals surface area (Å²) in [5.74, 6) is 1.80. The van der Waals surface area contributed by atoms with E-state index in [1.807, 2.05) is 6.07 Å². The maximum absolute atomic E-state index is 14.1. The maximum atomic E-state index is 14.1. The largest absolute Gasteiger partial charge is 0.378 e. The molecule has 1 aliphatic heterocycles. The van der Waals surface area contributed by atoms with Crippen molar-refractivity contribution >= 4 is 22.8 Å². The van der Waals surface area contributed by atoms with Crippen molar-refractivity contribution in [2.75, 3.05) is 56.2 Å². The third-order valence-corrected chi connectivity index (χ3v) is 7.95. The van der Waals surface area contributed by atoms with Crippen LogP contribution >= 0.6 is 0 Å². The number of fused-ring (bicyclic) bond motifs is 1. The van der Waals surface area contributed by atoms with Crippen molar-refractivity contribution in [1.29, 1.82) is 0 Å². The molecule has 212 valence electrons. The van der Waals surface area contributed by atoms with E-state index < -0.39 is 6.43 Å². The van der Waals surface area contributed by atoms with E-state index in [4.69, 9.17) is 14.7 Å². The Kier molecular flexibility index (Phi) is 9.24. The molecule has 1 saturated carbocycles. The average molecular weight is 542 g/mol. The van der Waals surface area contributed by atoms with Gasteiger partial charge < -0.3 is 19.9 Å². The Bertz CT molecular complexity index is 1200. The fraction of sp³-hybridized carbons (Fsp3) is 0.621. The molecule has 0 bridgehead atoms. The number of anilines is 2. The molecular weight excluding hydrogens is 500 g/mol. The molecule has 0 amide bonds. The van der Waals surface area contributed by atoms with Crippen molar-refractivity contribution in [2.24, 2.45) is 5.92 Å². The molecule has 0 atom stereocenters. The van der Waals surface area contributed by atoms with Crippen LogP contribution in [0.4, 0.5) is 20.5 Å². The number of nitrogens with zero attached hydrogens (tertiary/aromatic N) is 6. The van der Waals surface area contributed by atoms with Gasteiger partial charge in [0.15, 0.2) is 5.82 Å². The number of ether oxygens (including phenoxy) is 1. The Morgan fingerprint density at radius 3 is 2.36 bits per heavy atom. The number of imidazole rings is 1. The van der Waals surface area contributed by atoms with E-state index in [-0.39, 0.29) is 5.82 Å². The van der Waals surface area contributed by atoms with Crippen LogP contribution in [0.1, 0.15) is 64.6 Å². The number of hydrogen-bond acceptors (Lipinski definition) is 7. The van der Waals surface area contributed by atoms with Crippen molar-refractivity contribution in [3.8, 4) is 5.82 Å². The molecule has 2 aliphatic rings. The van der Waals surface area contributed by atoms with Gasteiger partial charge in [-0.1, -0.05) is 26.0 Å². The average Bonchev–Trinajstić information content (AvgIpc) is 3.37. The van der Waals surface area contributed by atoms with Gasteiger partial charge in [-0.05, 0) is 69.7 Å².